The fourth-order valence-corrected chi connectivity index (χ4v) is 0.489. The number of carboxylic acids is 1. The molecule has 0 saturated heterocycles. The summed E-state index contributed by atoms with van der Waals surface area (Å²) in [6, 6.07) is 4.76. The van der Waals surface area contributed by atoms with Crippen LogP contribution in [0.2, 0.25) is 0 Å². The van der Waals surface area contributed by atoms with Crippen LogP contribution in [-0.4, -0.2) is 21.8 Å². The van der Waals surface area contributed by atoms with E-state index in [1.54, 1.807) is 12.1 Å². The molecule has 1 heterocycles. The van der Waals surface area contributed by atoms with E-state index in [9.17, 15) is 9.59 Å². The number of Topliss-reactive ketones (excluding diaryl/α,β-unsaturated/α-hetero) is 1. The molecule has 70 valence electrons. The van der Waals surface area contributed by atoms with Gasteiger partial charge in [-0.3, -0.25) is 0 Å². The van der Waals surface area contributed by atoms with Gasteiger partial charge < -0.3 is 9.90 Å². The molecule has 0 aliphatic carbocycles. The summed E-state index contributed by atoms with van der Waals surface area (Å²) in [4.78, 5) is 23.2. The average molecular weight is 181 g/mol. The van der Waals surface area contributed by atoms with Gasteiger partial charge in [0.15, 0.2) is 0 Å². The second kappa shape index (κ2) is 5.88. The minimum absolute atomic E-state index is 0.0810. The van der Waals surface area contributed by atoms with E-state index in [1.807, 2.05) is 0 Å². The predicted octanol–water partition coefficient (Wildman–Crippen LogP) is 1.38. The van der Waals surface area contributed by atoms with Crippen LogP contribution in [0, 0.1) is 0 Å². The van der Waals surface area contributed by atoms with Crippen LogP contribution >= 0.6 is 0 Å². The molecule has 4 nitrogen and oxygen atoms in total. The Morgan fingerprint density at radius 3 is 2.08 bits per heavy atom. The van der Waals surface area contributed by atoms with Crippen molar-refractivity contribution in [3.8, 4) is 0 Å². The van der Waals surface area contributed by atoms with Crippen molar-refractivity contribution >= 4 is 11.8 Å². The second-order valence-corrected chi connectivity index (χ2v) is 2.43. The zero-order chi connectivity index (χ0) is 10.3. The summed E-state index contributed by atoms with van der Waals surface area (Å²) in [6.45, 7) is 3.06. The molecule has 1 aromatic rings. The van der Waals surface area contributed by atoms with Gasteiger partial charge >= 0.3 is 5.97 Å². The van der Waals surface area contributed by atoms with Crippen LogP contribution < -0.4 is 0 Å². The van der Waals surface area contributed by atoms with Crippen LogP contribution in [-0.2, 0) is 4.79 Å². The lowest BCUT2D eigenvalue weighted by molar-refractivity contribution is -0.114. The summed E-state index contributed by atoms with van der Waals surface area (Å²) in [6.07, 6.45) is 1.45. The minimum Gasteiger partial charge on any atom is -0.477 e. The van der Waals surface area contributed by atoms with Crippen LogP contribution in [0.4, 0.5) is 0 Å². The maximum atomic E-state index is 10.1. The Hall–Kier alpha value is -1.71. The summed E-state index contributed by atoms with van der Waals surface area (Å²) in [7, 11) is 0. The fourth-order valence-electron chi connectivity index (χ4n) is 0.489. The van der Waals surface area contributed by atoms with Gasteiger partial charge in [0.2, 0.25) is 0 Å². The van der Waals surface area contributed by atoms with Crippen molar-refractivity contribution in [3.05, 3.63) is 30.1 Å². The third-order valence-electron chi connectivity index (χ3n) is 0.884. The molecule has 13 heavy (non-hydrogen) atoms. The topological polar surface area (TPSA) is 67.3 Å². The van der Waals surface area contributed by atoms with Gasteiger partial charge in [-0.25, -0.2) is 9.78 Å². The predicted molar refractivity (Wildman–Crippen MR) is 47.6 cm³/mol. The summed E-state index contributed by atoms with van der Waals surface area (Å²) in [5.41, 5.74) is 0.0810. The summed E-state index contributed by atoms with van der Waals surface area (Å²) < 4.78 is 0. The number of nitrogens with zero attached hydrogens (tertiary/aromatic N) is 1. The largest absolute Gasteiger partial charge is 0.477 e. The highest BCUT2D eigenvalue weighted by Crippen LogP contribution is 1.90. The number of carbonyl (C=O) groups is 2. The maximum Gasteiger partial charge on any atom is 0.354 e. The molecule has 0 unspecified atom stereocenters. The molecule has 1 N–H and O–H groups in total. The monoisotopic (exact) mass is 181 g/mol. The first-order valence-corrected chi connectivity index (χ1v) is 3.65. The first-order chi connectivity index (χ1) is 6.04. The number of hydrogen-bond donors (Lipinski definition) is 1. The van der Waals surface area contributed by atoms with Gasteiger partial charge in [0.1, 0.15) is 11.5 Å². The number of aromatic nitrogens is 1. The van der Waals surface area contributed by atoms with E-state index in [-0.39, 0.29) is 11.5 Å². The lowest BCUT2D eigenvalue weighted by Gasteiger charge is -1.87. The van der Waals surface area contributed by atoms with Gasteiger partial charge in [-0.15, -0.1) is 0 Å². The van der Waals surface area contributed by atoms with E-state index in [0.29, 0.717) is 0 Å². The minimum atomic E-state index is -0.990. The van der Waals surface area contributed by atoms with E-state index in [2.05, 4.69) is 4.98 Å². The van der Waals surface area contributed by atoms with Crippen LogP contribution in [0.5, 0.6) is 0 Å². The average Bonchev–Trinajstić information content (AvgIpc) is 2.05. The molecule has 0 aliphatic rings. The second-order valence-electron chi connectivity index (χ2n) is 2.43. The van der Waals surface area contributed by atoms with Crippen molar-refractivity contribution in [2.24, 2.45) is 0 Å². The zero-order valence-corrected chi connectivity index (χ0v) is 7.52. The third kappa shape index (κ3) is 6.68. The summed E-state index contributed by atoms with van der Waals surface area (Å²) >= 11 is 0. The molecule has 0 radical (unpaired) electrons. The highest BCUT2D eigenvalue weighted by molar-refractivity contribution is 5.85. The normalized spacial score (nSPS) is 8.15. The lowest BCUT2D eigenvalue weighted by atomic mass is 10.4. The first-order valence-electron chi connectivity index (χ1n) is 3.65. The quantitative estimate of drug-likeness (QED) is 0.710. The Labute approximate surface area is 76.2 Å². The van der Waals surface area contributed by atoms with E-state index in [4.69, 9.17) is 5.11 Å². The molecule has 4 heteroatoms. The van der Waals surface area contributed by atoms with Crippen molar-refractivity contribution in [2.45, 2.75) is 13.8 Å². The van der Waals surface area contributed by atoms with Gasteiger partial charge in [0.05, 0.1) is 0 Å². The molecule has 0 saturated carbocycles. The van der Waals surface area contributed by atoms with Gasteiger partial charge in [0.25, 0.3) is 0 Å². The number of pyridine rings is 1. The van der Waals surface area contributed by atoms with Gasteiger partial charge in [-0.2, -0.15) is 0 Å². The number of rotatable bonds is 1. The van der Waals surface area contributed by atoms with E-state index in [1.165, 1.54) is 26.1 Å². The smallest absolute Gasteiger partial charge is 0.354 e. The highest BCUT2D eigenvalue weighted by atomic mass is 16.4. The molecule has 0 aromatic carbocycles. The first kappa shape index (κ1) is 11.3. The molecule has 0 bridgehead atoms. The number of aromatic carboxylic acids is 1. The molecule has 0 spiro atoms. The van der Waals surface area contributed by atoms with Gasteiger partial charge in [0, 0.05) is 6.20 Å². The number of carboxylic acid groups (broad SMARTS) is 1. The molecule has 1 aromatic heterocycles. The number of ketones is 1. The maximum absolute atomic E-state index is 10.1. The summed E-state index contributed by atoms with van der Waals surface area (Å²) in [5, 5.41) is 8.32. The SMILES string of the molecule is CC(C)=O.O=C(O)c1ccccn1. The van der Waals surface area contributed by atoms with Crippen molar-refractivity contribution in [1.82, 2.24) is 4.98 Å². The summed E-state index contributed by atoms with van der Waals surface area (Å²) in [5.74, 6) is -0.824. The standard InChI is InChI=1S/C6H5NO2.C3H6O/c8-6(9)5-3-1-2-4-7-5;1-3(2)4/h1-4H,(H,8,9);1-2H3. The third-order valence-corrected chi connectivity index (χ3v) is 0.884. The molecule has 0 aliphatic heterocycles. The zero-order valence-electron chi connectivity index (χ0n) is 7.52. The molecule has 0 fully saturated rings. The number of hydrogen-bond acceptors (Lipinski definition) is 3. The Morgan fingerprint density at radius 2 is 1.85 bits per heavy atom. The highest BCUT2D eigenvalue weighted by Gasteiger charge is 1.98. The Kier molecular flexibility index (Phi) is 5.11. The Balaban J connectivity index is 0.000000310. The van der Waals surface area contributed by atoms with Crippen molar-refractivity contribution in [2.75, 3.05) is 0 Å². The Bertz CT molecular complexity index is 278. The van der Waals surface area contributed by atoms with Crippen molar-refractivity contribution < 1.29 is 14.7 Å². The van der Waals surface area contributed by atoms with Crippen molar-refractivity contribution in [3.63, 3.8) is 0 Å². The van der Waals surface area contributed by atoms with Crippen LogP contribution in [0.3, 0.4) is 0 Å². The van der Waals surface area contributed by atoms with E-state index >= 15 is 0 Å². The molecule has 0 amide bonds. The fraction of sp³-hybridized carbons (Fsp3) is 0.222. The molecular formula is C9H11NO3. The van der Waals surface area contributed by atoms with E-state index in [0.717, 1.165) is 0 Å². The van der Waals surface area contributed by atoms with Gasteiger partial charge in [-0.05, 0) is 26.0 Å². The number of carbonyl (C=O) groups excluding carboxylic acids is 1. The Morgan fingerprint density at radius 1 is 1.31 bits per heavy atom. The van der Waals surface area contributed by atoms with Crippen LogP contribution in [0.25, 0.3) is 0 Å². The van der Waals surface area contributed by atoms with Crippen LogP contribution in [0.1, 0.15) is 24.3 Å². The molecular weight excluding hydrogens is 170 g/mol. The molecule has 1 rings (SSSR count). The molecule has 0 atom stereocenters. The lowest BCUT2D eigenvalue weighted by Crippen LogP contribution is -1.97. The van der Waals surface area contributed by atoms with Gasteiger partial charge in [-0.1, -0.05) is 6.07 Å². The van der Waals surface area contributed by atoms with E-state index < -0.39 is 5.97 Å². The van der Waals surface area contributed by atoms with Crippen molar-refractivity contribution in [1.29, 1.82) is 0 Å². The van der Waals surface area contributed by atoms with Crippen LogP contribution in [0.15, 0.2) is 24.4 Å².